The van der Waals surface area contributed by atoms with E-state index in [1.54, 1.807) is 6.92 Å². The molecule has 1 unspecified atom stereocenters. The number of esters is 1. The van der Waals surface area contributed by atoms with E-state index in [1.165, 1.54) is 5.56 Å². The van der Waals surface area contributed by atoms with Crippen LogP contribution in [-0.4, -0.2) is 18.9 Å². The van der Waals surface area contributed by atoms with E-state index in [0.29, 0.717) is 17.8 Å². The van der Waals surface area contributed by atoms with Crippen LogP contribution in [0.3, 0.4) is 0 Å². The van der Waals surface area contributed by atoms with Crippen molar-refractivity contribution in [2.45, 2.75) is 33.1 Å². The third kappa shape index (κ3) is 3.99. The highest BCUT2D eigenvalue weighted by Crippen LogP contribution is 2.17. The van der Waals surface area contributed by atoms with Crippen molar-refractivity contribution >= 4 is 12.3 Å². The molecule has 1 aromatic carbocycles. The third-order valence-corrected chi connectivity index (χ3v) is 2.66. The monoisotopic (exact) mass is 248 g/mol. The summed E-state index contributed by atoms with van der Waals surface area (Å²) in [4.78, 5) is 22.6. The van der Waals surface area contributed by atoms with Gasteiger partial charge in [0.2, 0.25) is 0 Å². The summed E-state index contributed by atoms with van der Waals surface area (Å²) in [6.07, 6.45) is 1.63. The summed E-state index contributed by atoms with van der Waals surface area (Å²) in [5.41, 5.74) is 1.90. The molecular formula is C15H20O3. The predicted molar refractivity (Wildman–Crippen MR) is 70.4 cm³/mol. The van der Waals surface area contributed by atoms with E-state index in [0.717, 1.165) is 6.42 Å². The summed E-state index contributed by atoms with van der Waals surface area (Å²) in [6.45, 7) is 6.32. The Hall–Kier alpha value is -1.64. The van der Waals surface area contributed by atoms with Crippen LogP contribution in [0.1, 0.15) is 37.8 Å². The lowest BCUT2D eigenvalue weighted by Gasteiger charge is -2.11. The van der Waals surface area contributed by atoms with Crippen molar-refractivity contribution in [2.24, 2.45) is 5.92 Å². The SMILES string of the molecule is CCOC(=O)C(C=O)c1ccc(CC(C)C)cc1. The zero-order valence-corrected chi connectivity index (χ0v) is 11.2. The average molecular weight is 248 g/mol. The normalized spacial score (nSPS) is 12.2. The Kier molecular flexibility index (Phi) is 5.56. The van der Waals surface area contributed by atoms with Gasteiger partial charge in [-0.15, -0.1) is 0 Å². The number of hydrogen-bond donors (Lipinski definition) is 0. The summed E-state index contributed by atoms with van der Waals surface area (Å²) in [7, 11) is 0. The van der Waals surface area contributed by atoms with E-state index >= 15 is 0 Å². The summed E-state index contributed by atoms with van der Waals surface area (Å²) in [6, 6.07) is 7.58. The van der Waals surface area contributed by atoms with Gasteiger partial charge in [-0.05, 0) is 30.4 Å². The first-order chi connectivity index (χ1) is 8.58. The van der Waals surface area contributed by atoms with E-state index in [1.807, 2.05) is 24.3 Å². The second-order valence-corrected chi connectivity index (χ2v) is 4.71. The Morgan fingerprint density at radius 2 is 1.89 bits per heavy atom. The molecule has 1 rings (SSSR count). The minimum atomic E-state index is -0.807. The summed E-state index contributed by atoms with van der Waals surface area (Å²) in [5.74, 6) is -0.704. The predicted octanol–water partition coefficient (Wildman–Crippen LogP) is 2.73. The molecule has 3 heteroatoms. The Morgan fingerprint density at radius 3 is 2.33 bits per heavy atom. The number of rotatable bonds is 6. The van der Waals surface area contributed by atoms with Crippen LogP contribution in [-0.2, 0) is 20.7 Å². The fourth-order valence-electron chi connectivity index (χ4n) is 1.83. The molecule has 0 radical (unpaired) electrons. The quantitative estimate of drug-likeness (QED) is 0.441. The minimum Gasteiger partial charge on any atom is -0.465 e. The molecule has 1 atom stereocenters. The highest BCUT2D eigenvalue weighted by molar-refractivity contribution is 5.94. The number of ether oxygens (including phenoxy) is 1. The van der Waals surface area contributed by atoms with Crippen LogP contribution in [0, 0.1) is 5.92 Å². The molecule has 0 aliphatic rings. The molecule has 0 spiro atoms. The molecule has 0 aliphatic carbocycles. The zero-order valence-electron chi connectivity index (χ0n) is 11.2. The van der Waals surface area contributed by atoms with E-state index in [2.05, 4.69) is 13.8 Å². The lowest BCUT2D eigenvalue weighted by Crippen LogP contribution is -2.17. The van der Waals surface area contributed by atoms with Gasteiger partial charge in [-0.3, -0.25) is 4.79 Å². The van der Waals surface area contributed by atoms with Crippen LogP contribution in [0.15, 0.2) is 24.3 Å². The molecule has 3 nitrogen and oxygen atoms in total. The molecule has 1 aromatic rings. The summed E-state index contributed by atoms with van der Waals surface area (Å²) in [5, 5.41) is 0. The average Bonchev–Trinajstić information content (AvgIpc) is 2.32. The van der Waals surface area contributed by atoms with Crippen molar-refractivity contribution in [3.8, 4) is 0 Å². The van der Waals surface area contributed by atoms with Crippen molar-refractivity contribution in [3.63, 3.8) is 0 Å². The van der Waals surface area contributed by atoms with Crippen LogP contribution >= 0.6 is 0 Å². The van der Waals surface area contributed by atoms with E-state index in [4.69, 9.17) is 4.74 Å². The van der Waals surface area contributed by atoms with E-state index in [9.17, 15) is 9.59 Å². The first-order valence-electron chi connectivity index (χ1n) is 6.29. The number of carbonyl (C=O) groups excluding carboxylic acids is 2. The topological polar surface area (TPSA) is 43.4 Å². The number of carbonyl (C=O) groups is 2. The maximum absolute atomic E-state index is 11.6. The Bertz CT molecular complexity index is 393. The maximum Gasteiger partial charge on any atom is 0.320 e. The molecule has 0 saturated carbocycles. The van der Waals surface area contributed by atoms with Crippen molar-refractivity contribution in [2.75, 3.05) is 6.61 Å². The largest absolute Gasteiger partial charge is 0.465 e. The second-order valence-electron chi connectivity index (χ2n) is 4.71. The third-order valence-electron chi connectivity index (χ3n) is 2.66. The van der Waals surface area contributed by atoms with Crippen LogP contribution in [0.25, 0.3) is 0 Å². The summed E-state index contributed by atoms with van der Waals surface area (Å²) >= 11 is 0. The van der Waals surface area contributed by atoms with Crippen molar-refractivity contribution in [3.05, 3.63) is 35.4 Å². The molecular weight excluding hydrogens is 228 g/mol. The number of benzene rings is 1. The Morgan fingerprint density at radius 1 is 1.28 bits per heavy atom. The van der Waals surface area contributed by atoms with Crippen LogP contribution in [0.5, 0.6) is 0 Å². The highest BCUT2D eigenvalue weighted by atomic mass is 16.5. The molecule has 0 heterocycles. The van der Waals surface area contributed by atoms with Gasteiger partial charge in [0, 0.05) is 0 Å². The number of hydrogen-bond acceptors (Lipinski definition) is 3. The lowest BCUT2D eigenvalue weighted by molar-refractivity contribution is -0.146. The van der Waals surface area contributed by atoms with Crippen molar-refractivity contribution in [1.29, 1.82) is 0 Å². The van der Waals surface area contributed by atoms with Crippen LogP contribution < -0.4 is 0 Å². The van der Waals surface area contributed by atoms with Gasteiger partial charge < -0.3 is 9.53 Å². The first-order valence-corrected chi connectivity index (χ1v) is 6.29. The number of aldehydes is 1. The minimum absolute atomic E-state index is 0.286. The molecule has 98 valence electrons. The highest BCUT2D eigenvalue weighted by Gasteiger charge is 2.20. The van der Waals surface area contributed by atoms with Gasteiger partial charge in [-0.25, -0.2) is 0 Å². The smallest absolute Gasteiger partial charge is 0.320 e. The molecule has 0 bridgehead atoms. The fourth-order valence-corrected chi connectivity index (χ4v) is 1.83. The molecule has 0 saturated heterocycles. The van der Waals surface area contributed by atoms with Crippen molar-refractivity contribution < 1.29 is 14.3 Å². The molecule has 0 aromatic heterocycles. The van der Waals surface area contributed by atoms with Crippen molar-refractivity contribution in [1.82, 2.24) is 0 Å². The van der Waals surface area contributed by atoms with Gasteiger partial charge in [0.1, 0.15) is 12.2 Å². The van der Waals surface area contributed by atoms with E-state index in [-0.39, 0.29) is 6.61 Å². The second kappa shape index (κ2) is 6.94. The first kappa shape index (κ1) is 14.4. The molecule has 0 aliphatic heterocycles. The zero-order chi connectivity index (χ0) is 13.5. The maximum atomic E-state index is 11.6. The van der Waals surface area contributed by atoms with Gasteiger partial charge in [-0.1, -0.05) is 38.1 Å². The summed E-state index contributed by atoms with van der Waals surface area (Å²) < 4.78 is 4.87. The van der Waals surface area contributed by atoms with Crippen LogP contribution in [0.2, 0.25) is 0 Å². The van der Waals surface area contributed by atoms with Gasteiger partial charge in [0.15, 0.2) is 0 Å². The lowest BCUT2D eigenvalue weighted by atomic mass is 9.96. The van der Waals surface area contributed by atoms with Gasteiger partial charge >= 0.3 is 5.97 Å². The fraction of sp³-hybridized carbons (Fsp3) is 0.467. The molecule has 0 amide bonds. The Balaban J connectivity index is 2.81. The standard InChI is InChI=1S/C15H20O3/c1-4-18-15(17)14(10-16)13-7-5-12(6-8-13)9-11(2)3/h5-8,10-11,14H,4,9H2,1-3H3. The van der Waals surface area contributed by atoms with E-state index < -0.39 is 11.9 Å². The van der Waals surface area contributed by atoms with Gasteiger partial charge in [-0.2, -0.15) is 0 Å². The van der Waals surface area contributed by atoms with Gasteiger partial charge in [0.25, 0.3) is 0 Å². The molecule has 18 heavy (non-hydrogen) atoms. The Labute approximate surface area is 108 Å². The van der Waals surface area contributed by atoms with Gasteiger partial charge in [0.05, 0.1) is 6.61 Å². The molecule has 0 N–H and O–H groups in total. The van der Waals surface area contributed by atoms with Crippen LogP contribution in [0.4, 0.5) is 0 Å². The molecule has 0 fully saturated rings.